The van der Waals surface area contributed by atoms with Crippen LogP contribution in [-0.4, -0.2) is 35.9 Å². The molecule has 0 aliphatic heterocycles. The first-order valence-electron chi connectivity index (χ1n) is 10.7. The van der Waals surface area contributed by atoms with Crippen molar-refractivity contribution in [3.63, 3.8) is 0 Å². The first kappa shape index (κ1) is 21.7. The van der Waals surface area contributed by atoms with Gasteiger partial charge in [-0.2, -0.15) is 0 Å². The fraction of sp³-hybridized carbons (Fsp3) is 0. The third kappa shape index (κ3) is 4.76. The van der Waals surface area contributed by atoms with Gasteiger partial charge >= 0.3 is 15.9 Å². The smallest absolute Gasteiger partial charge is 0.614 e. The molecule has 0 aliphatic carbocycles. The van der Waals surface area contributed by atoms with Crippen LogP contribution in [0.3, 0.4) is 0 Å². The molecule has 0 fully saturated rings. The van der Waals surface area contributed by atoms with E-state index in [-0.39, 0.29) is 0 Å². The Bertz CT molecular complexity index is 1480. The molecule has 0 amide bonds. The Labute approximate surface area is 202 Å². The van der Waals surface area contributed by atoms with E-state index >= 15 is 0 Å². The molecule has 0 unspecified atom stereocenters. The second kappa shape index (κ2) is 10.2. The summed E-state index contributed by atoms with van der Waals surface area (Å²) in [7, 11) is 0. The Morgan fingerprint density at radius 1 is 0.500 bits per heavy atom. The van der Waals surface area contributed by atoms with Gasteiger partial charge in [0.05, 0.1) is 0 Å². The van der Waals surface area contributed by atoms with Gasteiger partial charge in [-0.05, 0) is 30.3 Å². The monoisotopic (exact) mass is 461 g/mol. The zero-order valence-electron chi connectivity index (χ0n) is 18.1. The number of pyridine rings is 3. The van der Waals surface area contributed by atoms with Gasteiger partial charge in [-0.25, -0.2) is 4.98 Å². The maximum atomic E-state index is 7.50. The highest BCUT2D eigenvalue weighted by molar-refractivity contribution is 6.21. The van der Waals surface area contributed by atoms with E-state index in [0.29, 0.717) is 5.75 Å². The van der Waals surface area contributed by atoms with Crippen molar-refractivity contribution in [1.82, 2.24) is 15.0 Å². The molecule has 0 spiro atoms. The third-order valence-corrected chi connectivity index (χ3v) is 5.87. The number of rotatable bonds is 4. The standard InChI is InChI=1S/3C9H7NO.Al/c3*11-8-5-1-3-7-4-2-6-10-9(7)8;/h3*1-6,11H;/q;;;+2/p-1. The highest BCUT2D eigenvalue weighted by Crippen LogP contribution is 2.25. The lowest BCUT2D eigenvalue weighted by molar-refractivity contribution is 0.463. The van der Waals surface area contributed by atoms with Gasteiger partial charge in [0, 0.05) is 40.8 Å². The number of para-hydroxylation sites is 3. The number of fused-ring (bicyclic) bond motifs is 3. The summed E-state index contributed by atoms with van der Waals surface area (Å²) in [6.07, 6.45) is 5.24. The van der Waals surface area contributed by atoms with Crippen molar-refractivity contribution >= 4 is 48.6 Å². The van der Waals surface area contributed by atoms with Gasteiger partial charge in [0.2, 0.25) is 0 Å². The second-order valence-corrected chi connectivity index (χ2v) is 8.04. The lowest BCUT2D eigenvalue weighted by Gasteiger charge is -2.11. The summed E-state index contributed by atoms with van der Waals surface area (Å²) in [6.45, 7) is 0. The van der Waals surface area contributed by atoms with E-state index in [1.807, 2.05) is 84.9 Å². The maximum absolute atomic E-state index is 7.50. The van der Waals surface area contributed by atoms with Crippen molar-refractivity contribution in [1.29, 1.82) is 0 Å². The Morgan fingerprint density at radius 3 is 1.41 bits per heavy atom. The highest BCUT2D eigenvalue weighted by Gasteiger charge is 2.11. The van der Waals surface area contributed by atoms with E-state index in [4.69, 9.17) is 12.7 Å². The second-order valence-electron chi connectivity index (χ2n) is 7.38. The number of benzene rings is 3. The highest BCUT2D eigenvalue weighted by atomic mass is 27.2. The average molecular weight is 461 g/mol. The minimum Gasteiger partial charge on any atom is -0.614 e. The predicted molar refractivity (Wildman–Crippen MR) is 135 cm³/mol. The van der Waals surface area contributed by atoms with Gasteiger partial charge < -0.3 is 12.7 Å². The van der Waals surface area contributed by atoms with Crippen LogP contribution in [-0.2, 0) is 0 Å². The fourth-order valence-corrected chi connectivity index (χ4v) is 4.21. The van der Waals surface area contributed by atoms with Crippen LogP contribution in [0.5, 0.6) is 17.2 Å². The number of nitrogens with zero attached hydrogens (tertiary/aromatic N) is 3. The molecular formula is C27H20AlN3O3+. The minimum atomic E-state index is -0.704. The molecule has 0 aliphatic rings. The Hall–Kier alpha value is -4.18. The zero-order chi connectivity index (χ0) is 23.2. The summed E-state index contributed by atoms with van der Waals surface area (Å²) in [6, 6.07) is 29.0. The minimum absolute atomic E-state index is 0.489. The summed E-state index contributed by atoms with van der Waals surface area (Å²) in [5.41, 5.74) is 2.47. The zero-order valence-corrected chi connectivity index (χ0v) is 19.3. The van der Waals surface area contributed by atoms with Gasteiger partial charge in [-0.15, -0.1) is 0 Å². The summed E-state index contributed by atoms with van der Waals surface area (Å²) in [5, 5.41) is 10.6. The molecule has 0 saturated carbocycles. The molecule has 6 rings (SSSR count). The number of aromatic nitrogens is 3. The molecule has 163 valence electrons. The molecule has 3 aromatic heterocycles. The van der Waals surface area contributed by atoms with Crippen LogP contribution in [0.2, 0.25) is 0 Å². The summed E-state index contributed by atoms with van der Waals surface area (Å²) in [5.74, 6) is 1.97. The molecule has 0 atom stereocenters. The summed E-state index contributed by atoms with van der Waals surface area (Å²) >= 11 is -0.704. The maximum Gasteiger partial charge on any atom is 0.882 e. The van der Waals surface area contributed by atoms with Crippen LogP contribution in [0.15, 0.2) is 110 Å². The number of hydrogen-bond acceptors (Lipinski definition) is 5. The lowest BCUT2D eigenvalue weighted by atomic mass is 10.2. The Kier molecular flexibility index (Phi) is 6.48. The van der Waals surface area contributed by atoms with E-state index in [9.17, 15) is 0 Å². The van der Waals surface area contributed by atoms with E-state index < -0.39 is 15.9 Å². The Morgan fingerprint density at radius 2 is 0.912 bits per heavy atom. The summed E-state index contributed by atoms with van der Waals surface area (Å²) in [4.78, 5) is 12.8. The van der Waals surface area contributed by atoms with Crippen molar-refractivity contribution in [2.75, 3.05) is 0 Å². The topological polar surface area (TPSA) is 80.0 Å². The van der Waals surface area contributed by atoms with Crippen LogP contribution in [0, 0.1) is 0 Å². The molecular weight excluding hydrogens is 441 g/mol. The van der Waals surface area contributed by atoms with Crippen molar-refractivity contribution in [3.8, 4) is 17.2 Å². The quantitative estimate of drug-likeness (QED) is 0.258. The lowest BCUT2D eigenvalue weighted by Crippen LogP contribution is -2.11. The third-order valence-electron chi connectivity index (χ3n) is 5.17. The first-order chi connectivity index (χ1) is 16.8. The van der Waals surface area contributed by atoms with E-state index in [1.54, 1.807) is 24.7 Å². The van der Waals surface area contributed by atoms with Crippen LogP contribution in [0.25, 0.3) is 32.7 Å². The number of hydrogen-bond donors (Lipinski definition) is 0. The van der Waals surface area contributed by atoms with E-state index in [2.05, 4.69) is 15.0 Å². The van der Waals surface area contributed by atoms with Crippen LogP contribution in [0.4, 0.5) is 0 Å². The van der Waals surface area contributed by atoms with Crippen LogP contribution >= 0.6 is 0 Å². The average Bonchev–Trinajstić information content (AvgIpc) is 2.90. The summed E-state index contributed by atoms with van der Waals surface area (Å²) < 4.78 is 11.7. The molecule has 1 radical (unpaired) electrons. The van der Waals surface area contributed by atoms with Crippen molar-refractivity contribution in [3.05, 3.63) is 110 Å². The molecule has 3 heterocycles. The van der Waals surface area contributed by atoms with Crippen molar-refractivity contribution in [2.24, 2.45) is 0 Å². The van der Waals surface area contributed by atoms with Crippen molar-refractivity contribution < 1.29 is 12.7 Å². The molecule has 2 N–H and O–H groups in total. The van der Waals surface area contributed by atoms with Gasteiger partial charge in [-0.1, -0.05) is 54.6 Å². The van der Waals surface area contributed by atoms with Gasteiger partial charge in [0.15, 0.2) is 5.52 Å². The molecule has 6 nitrogen and oxygen atoms in total. The van der Waals surface area contributed by atoms with Crippen LogP contribution in [0.1, 0.15) is 0 Å². The molecule has 7 heteroatoms. The van der Waals surface area contributed by atoms with Crippen LogP contribution < -0.4 is 7.58 Å². The molecule has 6 aromatic rings. The molecule has 0 saturated heterocycles. The SMILES string of the molecule is [OH2+]c1cccc2cccnc12.c1cnc2c([O][Al][O]c3cccc4cccnc34)cccc2c1. The first-order valence-corrected chi connectivity index (χ1v) is 11.6. The van der Waals surface area contributed by atoms with Gasteiger partial charge in [-0.3, -0.25) is 9.97 Å². The Balaban J connectivity index is 0.000000183. The normalized spacial score (nSPS) is 10.5. The molecule has 3 aromatic carbocycles. The van der Waals surface area contributed by atoms with E-state index in [0.717, 1.165) is 44.2 Å². The molecule has 0 bridgehead atoms. The fourth-order valence-electron chi connectivity index (χ4n) is 3.57. The van der Waals surface area contributed by atoms with Crippen molar-refractivity contribution in [2.45, 2.75) is 0 Å². The molecule has 34 heavy (non-hydrogen) atoms. The van der Waals surface area contributed by atoms with Gasteiger partial charge in [0.25, 0.3) is 5.75 Å². The predicted octanol–water partition coefficient (Wildman–Crippen LogP) is 5.45. The largest absolute Gasteiger partial charge is 0.882 e. The van der Waals surface area contributed by atoms with E-state index in [1.165, 1.54) is 0 Å². The van der Waals surface area contributed by atoms with Gasteiger partial charge in [0.1, 0.15) is 22.5 Å².